The first-order valence-corrected chi connectivity index (χ1v) is 13.5. The average molecular weight is 545 g/mol. The van der Waals surface area contributed by atoms with Crippen LogP contribution in [-0.4, -0.2) is 89.4 Å². The van der Waals surface area contributed by atoms with Gasteiger partial charge in [-0.25, -0.2) is 17.2 Å². The van der Waals surface area contributed by atoms with Gasteiger partial charge in [0.2, 0.25) is 10.0 Å². The maximum atomic E-state index is 13.4. The number of hydrogen-bond donors (Lipinski definition) is 1. The van der Waals surface area contributed by atoms with Gasteiger partial charge in [-0.05, 0) is 52.9 Å². The molecule has 1 fully saturated rings. The molecule has 0 bridgehead atoms. The zero-order valence-corrected chi connectivity index (χ0v) is 22.1. The van der Waals surface area contributed by atoms with Crippen LogP contribution >= 0.6 is 0 Å². The molecule has 37 heavy (non-hydrogen) atoms. The minimum absolute atomic E-state index is 0.126. The topological polar surface area (TPSA) is 105 Å². The number of aromatic nitrogens is 2. The van der Waals surface area contributed by atoms with E-state index in [-0.39, 0.29) is 17.6 Å². The number of fused-ring (bicyclic) bond motifs is 3. The third-order valence-corrected chi connectivity index (χ3v) is 7.45. The fraction of sp³-hybridized carbons (Fsp3) is 0.500. The first-order chi connectivity index (χ1) is 17.1. The van der Waals surface area contributed by atoms with Crippen LogP contribution in [0.15, 0.2) is 30.3 Å². The van der Waals surface area contributed by atoms with Crippen LogP contribution in [0.4, 0.5) is 13.2 Å². The quantitative estimate of drug-likeness (QED) is 0.536. The molecule has 1 amide bonds. The first kappa shape index (κ1) is 28.5. The number of carbonyl (C=O) groups is 2. The highest BCUT2D eigenvalue weighted by Crippen LogP contribution is 2.35. The van der Waals surface area contributed by atoms with Crippen LogP contribution in [0.2, 0.25) is 0 Å². The Balaban J connectivity index is 0.000000479. The molecule has 1 aliphatic rings. The van der Waals surface area contributed by atoms with Gasteiger partial charge < -0.3 is 19.5 Å². The van der Waals surface area contributed by atoms with Gasteiger partial charge >= 0.3 is 12.1 Å². The van der Waals surface area contributed by atoms with E-state index in [1.165, 1.54) is 10.2 Å². The van der Waals surface area contributed by atoms with Crippen molar-refractivity contribution in [1.29, 1.82) is 0 Å². The second-order valence-electron chi connectivity index (χ2n) is 9.56. The number of likely N-dealkylation sites (tertiary alicyclic amines) is 1. The number of piperidine rings is 1. The summed E-state index contributed by atoms with van der Waals surface area (Å²) in [6.07, 6.45) is -2.14. The SMILES string of the molecule is CC(C)n1c2ccccc2c2c1cc(C(=O)N1CCC(N(C)C)CC1)n2S(C)(=O)=O.O=C(O)C(F)(F)F. The molecule has 3 aromatic rings. The van der Waals surface area contributed by atoms with Gasteiger partial charge in [-0.15, -0.1) is 0 Å². The van der Waals surface area contributed by atoms with Crippen LogP contribution < -0.4 is 0 Å². The number of carboxylic acids is 1. The molecule has 0 atom stereocenters. The number of benzene rings is 1. The lowest BCUT2D eigenvalue weighted by Crippen LogP contribution is -2.45. The van der Waals surface area contributed by atoms with Gasteiger partial charge in [0.15, 0.2) is 0 Å². The van der Waals surface area contributed by atoms with Crippen molar-refractivity contribution in [3.05, 3.63) is 36.0 Å². The lowest BCUT2D eigenvalue weighted by atomic mass is 10.0. The number of rotatable bonds is 4. The van der Waals surface area contributed by atoms with Gasteiger partial charge in [-0.3, -0.25) is 4.79 Å². The Bertz CT molecular complexity index is 1420. The molecule has 4 rings (SSSR count). The zero-order valence-electron chi connectivity index (χ0n) is 21.3. The lowest BCUT2D eigenvalue weighted by molar-refractivity contribution is -0.192. The van der Waals surface area contributed by atoms with Gasteiger partial charge in [0, 0.05) is 30.6 Å². The van der Waals surface area contributed by atoms with Crippen LogP contribution in [0.25, 0.3) is 21.9 Å². The maximum Gasteiger partial charge on any atom is 0.490 e. The molecule has 1 aliphatic heterocycles. The van der Waals surface area contributed by atoms with E-state index in [4.69, 9.17) is 9.90 Å². The summed E-state index contributed by atoms with van der Waals surface area (Å²) in [5.41, 5.74) is 2.57. The van der Waals surface area contributed by atoms with Crippen LogP contribution in [-0.2, 0) is 14.8 Å². The minimum atomic E-state index is -5.08. The Hall–Kier alpha value is -3.06. The zero-order chi connectivity index (χ0) is 27.9. The molecule has 1 aromatic carbocycles. The summed E-state index contributed by atoms with van der Waals surface area (Å²) < 4.78 is 60.8. The third-order valence-electron chi connectivity index (χ3n) is 6.41. The van der Waals surface area contributed by atoms with Crippen molar-refractivity contribution in [3.8, 4) is 0 Å². The van der Waals surface area contributed by atoms with Gasteiger partial charge in [0.05, 0.1) is 22.8 Å². The van der Waals surface area contributed by atoms with Crippen LogP contribution in [0, 0.1) is 0 Å². The summed E-state index contributed by atoms with van der Waals surface area (Å²) in [6.45, 7) is 5.39. The normalized spacial score (nSPS) is 15.5. The average Bonchev–Trinajstić information content (AvgIpc) is 3.33. The van der Waals surface area contributed by atoms with Crippen molar-refractivity contribution in [2.24, 2.45) is 0 Å². The van der Waals surface area contributed by atoms with Crippen molar-refractivity contribution in [3.63, 3.8) is 0 Å². The van der Waals surface area contributed by atoms with Crippen molar-refractivity contribution in [2.75, 3.05) is 33.4 Å². The van der Waals surface area contributed by atoms with Crippen molar-refractivity contribution in [1.82, 2.24) is 18.3 Å². The van der Waals surface area contributed by atoms with Crippen LogP contribution in [0.3, 0.4) is 0 Å². The molecule has 204 valence electrons. The van der Waals surface area contributed by atoms with E-state index in [0.717, 1.165) is 29.3 Å². The molecule has 1 N–H and O–H groups in total. The maximum absolute atomic E-state index is 13.4. The third kappa shape index (κ3) is 5.77. The summed E-state index contributed by atoms with van der Waals surface area (Å²) in [5.74, 6) is -2.97. The number of carboxylic acid groups (broad SMARTS) is 1. The molecule has 0 saturated carbocycles. The fourth-order valence-corrected chi connectivity index (χ4v) is 5.73. The molecule has 2 aromatic heterocycles. The van der Waals surface area contributed by atoms with Gasteiger partial charge in [0.25, 0.3) is 5.91 Å². The van der Waals surface area contributed by atoms with Gasteiger partial charge in [-0.1, -0.05) is 18.2 Å². The van der Waals surface area contributed by atoms with E-state index >= 15 is 0 Å². The monoisotopic (exact) mass is 544 g/mol. The van der Waals surface area contributed by atoms with E-state index < -0.39 is 22.2 Å². The second-order valence-corrected chi connectivity index (χ2v) is 11.4. The Labute approximate surface area is 213 Å². The number of halogens is 3. The number of aliphatic carboxylic acids is 1. The predicted molar refractivity (Wildman–Crippen MR) is 134 cm³/mol. The minimum Gasteiger partial charge on any atom is -0.475 e. The van der Waals surface area contributed by atoms with Crippen molar-refractivity contribution >= 4 is 43.8 Å². The second kappa shape index (κ2) is 10.4. The molecule has 3 heterocycles. The summed E-state index contributed by atoms with van der Waals surface area (Å²) >= 11 is 0. The Kier molecular flexibility index (Phi) is 7.99. The Morgan fingerprint density at radius 2 is 1.62 bits per heavy atom. The van der Waals surface area contributed by atoms with Gasteiger partial charge in [0.1, 0.15) is 5.69 Å². The molecule has 0 unspecified atom stereocenters. The highest BCUT2D eigenvalue weighted by atomic mass is 32.2. The Morgan fingerprint density at radius 3 is 2.08 bits per heavy atom. The standard InChI is InChI=1S/C22H30N4O3S.C2HF3O2/c1-15(2)25-18-9-7-6-8-17(18)21-19(25)14-20(26(21)30(5,28)29)22(27)24-12-10-16(11-13-24)23(3)4;3-2(4,5)1(6)7/h6-9,14-16H,10-13H2,1-5H3;(H,6,7). The molecular formula is C24H31F3N4O5S. The summed E-state index contributed by atoms with van der Waals surface area (Å²) in [6, 6.07) is 10.1. The summed E-state index contributed by atoms with van der Waals surface area (Å²) in [7, 11) is 0.429. The highest BCUT2D eigenvalue weighted by molar-refractivity contribution is 7.89. The Morgan fingerprint density at radius 1 is 1.08 bits per heavy atom. The molecule has 13 heteroatoms. The number of nitrogens with zero attached hydrogens (tertiary/aromatic N) is 4. The fourth-order valence-electron chi connectivity index (χ4n) is 4.72. The molecule has 0 radical (unpaired) electrons. The number of para-hydroxylation sites is 1. The van der Waals surface area contributed by atoms with E-state index in [1.807, 2.05) is 24.3 Å². The van der Waals surface area contributed by atoms with E-state index in [1.54, 1.807) is 11.0 Å². The molecule has 1 saturated heterocycles. The lowest BCUT2D eigenvalue weighted by Gasteiger charge is -2.35. The smallest absolute Gasteiger partial charge is 0.475 e. The van der Waals surface area contributed by atoms with Gasteiger partial charge in [-0.2, -0.15) is 13.2 Å². The van der Waals surface area contributed by atoms with Crippen LogP contribution in [0.1, 0.15) is 43.2 Å². The number of amides is 1. The van der Waals surface area contributed by atoms with Crippen molar-refractivity contribution < 1.29 is 36.3 Å². The number of hydrogen-bond acceptors (Lipinski definition) is 5. The molecule has 0 spiro atoms. The molecule has 0 aliphatic carbocycles. The predicted octanol–water partition coefficient (Wildman–Crippen LogP) is 3.78. The summed E-state index contributed by atoms with van der Waals surface area (Å²) in [5, 5.41) is 7.97. The van der Waals surface area contributed by atoms with E-state index in [2.05, 4.69) is 37.4 Å². The first-order valence-electron chi connectivity index (χ1n) is 11.7. The van der Waals surface area contributed by atoms with E-state index in [9.17, 15) is 26.4 Å². The number of alkyl halides is 3. The number of carbonyl (C=O) groups excluding carboxylic acids is 1. The van der Waals surface area contributed by atoms with Crippen molar-refractivity contribution in [2.45, 2.75) is 44.9 Å². The van der Waals surface area contributed by atoms with E-state index in [0.29, 0.717) is 24.6 Å². The molecule has 9 nitrogen and oxygen atoms in total. The molecular weight excluding hydrogens is 513 g/mol. The largest absolute Gasteiger partial charge is 0.490 e. The summed E-state index contributed by atoms with van der Waals surface area (Å²) in [4.78, 5) is 26.3. The van der Waals surface area contributed by atoms with Crippen LogP contribution in [0.5, 0.6) is 0 Å². The highest BCUT2D eigenvalue weighted by Gasteiger charge is 2.38.